The lowest BCUT2D eigenvalue weighted by molar-refractivity contribution is 0.515. The number of fused-ring (bicyclic) bond motifs is 1. The molecular weight excluding hydrogens is 248 g/mol. The van der Waals surface area contributed by atoms with Crippen molar-refractivity contribution in [2.75, 3.05) is 0 Å². The molecule has 0 bridgehead atoms. The van der Waals surface area contributed by atoms with Gasteiger partial charge in [0.1, 0.15) is 11.3 Å². The van der Waals surface area contributed by atoms with Gasteiger partial charge in [0.15, 0.2) is 11.6 Å². The van der Waals surface area contributed by atoms with Gasteiger partial charge in [-0.05, 0) is 31.9 Å². The number of halogens is 2. The highest BCUT2D eigenvalue weighted by Gasteiger charge is 2.15. The molecule has 0 aliphatic heterocycles. The van der Waals surface area contributed by atoms with Gasteiger partial charge >= 0.3 is 0 Å². The van der Waals surface area contributed by atoms with Gasteiger partial charge in [0.2, 0.25) is 0 Å². The van der Waals surface area contributed by atoms with E-state index in [1.165, 1.54) is 6.07 Å². The van der Waals surface area contributed by atoms with Gasteiger partial charge in [-0.3, -0.25) is 0 Å². The Morgan fingerprint density at radius 3 is 2.68 bits per heavy atom. The van der Waals surface area contributed by atoms with E-state index in [1.54, 1.807) is 0 Å². The first-order valence-corrected chi connectivity index (χ1v) is 6.58. The molecule has 0 amide bonds. The molecule has 3 N–H and O–H groups in total. The van der Waals surface area contributed by atoms with E-state index in [-0.39, 0.29) is 17.5 Å². The Labute approximate surface area is 111 Å². The van der Waals surface area contributed by atoms with Crippen molar-refractivity contribution >= 4 is 11.0 Å². The van der Waals surface area contributed by atoms with Gasteiger partial charge in [0.25, 0.3) is 0 Å². The molecule has 19 heavy (non-hydrogen) atoms. The van der Waals surface area contributed by atoms with Gasteiger partial charge in [0.05, 0.1) is 5.52 Å². The number of benzene rings is 1. The maximum atomic E-state index is 13.6. The average Bonchev–Trinajstić information content (AvgIpc) is 2.78. The molecule has 0 spiro atoms. The van der Waals surface area contributed by atoms with Crippen molar-refractivity contribution in [2.24, 2.45) is 5.73 Å². The smallest absolute Gasteiger partial charge is 0.186 e. The fourth-order valence-corrected chi connectivity index (χ4v) is 2.15. The van der Waals surface area contributed by atoms with Gasteiger partial charge in [-0.25, -0.2) is 13.8 Å². The maximum absolute atomic E-state index is 13.6. The Morgan fingerprint density at radius 2 is 2.00 bits per heavy atom. The predicted molar refractivity (Wildman–Crippen MR) is 71.9 cm³/mol. The second-order valence-electron chi connectivity index (χ2n) is 5.19. The summed E-state index contributed by atoms with van der Waals surface area (Å²) in [5.41, 5.74) is 6.31. The zero-order valence-electron chi connectivity index (χ0n) is 11.2. The molecule has 0 aliphatic carbocycles. The zero-order chi connectivity index (χ0) is 14.0. The van der Waals surface area contributed by atoms with Crippen LogP contribution in [-0.2, 0) is 0 Å². The molecule has 5 heteroatoms. The number of rotatable bonds is 5. The molecule has 1 aromatic carbocycles. The van der Waals surface area contributed by atoms with Crippen molar-refractivity contribution in [3.05, 3.63) is 29.6 Å². The van der Waals surface area contributed by atoms with E-state index < -0.39 is 11.6 Å². The van der Waals surface area contributed by atoms with E-state index in [9.17, 15) is 8.78 Å². The molecule has 1 aromatic heterocycles. The molecular formula is C14H19F2N3. The van der Waals surface area contributed by atoms with Crippen LogP contribution in [0.5, 0.6) is 0 Å². The summed E-state index contributed by atoms with van der Waals surface area (Å²) in [6, 6.07) is 2.81. The van der Waals surface area contributed by atoms with E-state index in [0.717, 1.165) is 25.3 Å². The molecule has 0 aliphatic rings. The van der Waals surface area contributed by atoms with Crippen LogP contribution in [0.25, 0.3) is 11.0 Å². The lowest BCUT2D eigenvalue weighted by Gasteiger charge is -2.09. The molecule has 2 atom stereocenters. The van der Waals surface area contributed by atoms with E-state index in [1.807, 2.05) is 13.8 Å². The molecule has 2 aromatic rings. The zero-order valence-corrected chi connectivity index (χ0v) is 11.2. The molecule has 1 heterocycles. The summed E-state index contributed by atoms with van der Waals surface area (Å²) in [5, 5.41) is 0. The molecule has 3 nitrogen and oxygen atoms in total. The van der Waals surface area contributed by atoms with Gasteiger partial charge in [-0.2, -0.15) is 0 Å². The number of aromatic nitrogens is 2. The van der Waals surface area contributed by atoms with Crippen molar-refractivity contribution < 1.29 is 8.78 Å². The second-order valence-corrected chi connectivity index (χ2v) is 5.19. The highest BCUT2D eigenvalue weighted by atomic mass is 19.2. The van der Waals surface area contributed by atoms with E-state index in [0.29, 0.717) is 11.3 Å². The third kappa shape index (κ3) is 3.10. The van der Waals surface area contributed by atoms with Crippen LogP contribution >= 0.6 is 0 Å². The number of H-pyrrole nitrogens is 1. The lowest BCUT2D eigenvalue weighted by Crippen LogP contribution is -2.14. The first-order chi connectivity index (χ1) is 8.99. The highest BCUT2D eigenvalue weighted by molar-refractivity contribution is 5.75. The van der Waals surface area contributed by atoms with Crippen molar-refractivity contribution in [3.63, 3.8) is 0 Å². The summed E-state index contributed by atoms with van der Waals surface area (Å²) in [7, 11) is 0. The van der Waals surface area contributed by atoms with Crippen LogP contribution < -0.4 is 5.73 Å². The summed E-state index contributed by atoms with van der Waals surface area (Å²) in [6.07, 6.45) is 2.87. The van der Waals surface area contributed by atoms with Gasteiger partial charge < -0.3 is 10.7 Å². The Bertz CT molecular complexity index is 563. The topological polar surface area (TPSA) is 54.7 Å². The standard InChI is InChI=1S/C14H19F2N3/c1-8(4-3-5-9(2)17)14-18-11-7-6-10(15)12(16)13(11)19-14/h6-9H,3-5,17H2,1-2H3,(H,18,19). The molecule has 104 valence electrons. The maximum Gasteiger partial charge on any atom is 0.186 e. The molecule has 2 unspecified atom stereocenters. The Balaban J connectivity index is 2.14. The summed E-state index contributed by atoms with van der Waals surface area (Å²) < 4.78 is 26.7. The van der Waals surface area contributed by atoms with Crippen LogP contribution in [0.3, 0.4) is 0 Å². The highest BCUT2D eigenvalue weighted by Crippen LogP contribution is 2.24. The molecule has 0 saturated heterocycles. The predicted octanol–water partition coefficient (Wildman–Crippen LogP) is 3.46. The van der Waals surface area contributed by atoms with Crippen LogP contribution in [-0.4, -0.2) is 16.0 Å². The van der Waals surface area contributed by atoms with Gasteiger partial charge in [-0.1, -0.05) is 13.3 Å². The monoisotopic (exact) mass is 267 g/mol. The minimum Gasteiger partial charge on any atom is -0.342 e. The summed E-state index contributed by atoms with van der Waals surface area (Å²) in [6.45, 7) is 4.00. The van der Waals surface area contributed by atoms with Crippen LogP contribution in [0.15, 0.2) is 12.1 Å². The van der Waals surface area contributed by atoms with Gasteiger partial charge in [0, 0.05) is 12.0 Å². The molecule has 2 rings (SSSR count). The first-order valence-electron chi connectivity index (χ1n) is 6.58. The Hall–Kier alpha value is -1.49. The average molecular weight is 267 g/mol. The Kier molecular flexibility index (Phi) is 4.14. The molecule has 0 saturated carbocycles. The third-order valence-electron chi connectivity index (χ3n) is 3.33. The normalized spacial score (nSPS) is 14.8. The largest absolute Gasteiger partial charge is 0.342 e. The van der Waals surface area contributed by atoms with E-state index >= 15 is 0 Å². The molecule has 0 fully saturated rings. The van der Waals surface area contributed by atoms with Crippen molar-refractivity contribution in [3.8, 4) is 0 Å². The van der Waals surface area contributed by atoms with Crippen molar-refractivity contribution in [1.29, 1.82) is 0 Å². The fraction of sp³-hybridized carbons (Fsp3) is 0.500. The lowest BCUT2D eigenvalue weighted by atomic mass is 10.0. The number of aromatic amines is 1. The van der Waals surface area contributed by atoms with Crippen LogP contribution in [0.2, 0.25) is 0 Å². The summed E-state index contributed by atoms with van der Waals surface area (Å²) >= 11 is 0. The number of hydrogen-bond donors (Lipinski definition) is 2. The fourth-order valence-electron chi connectivity index (χ4n) is 2.15. The number of imidazole rings is 1. The number of hydrogen-bond acceptors (Lipinski definition) is 2. The molecule has 0 radical (unpaired) electrons. The number of nitrogens with one attached hydrogen (secondary N) is 1. The SMILES string of the molecule is CC(N)CCCC(C)c1nc2c(F)c(F)ccc2[nH]1. The summed E-state index contributed by atoms with van der Waals surface area (Å²) in [4.78, 5) is 7.22. The Morgan fingerprint density at radius 1 is 1.26 bits per heavy atom. The number of nitrogens with zero attached hydrogens (tertiary/aromatic N) is 1. The second kappa shape index (κ2) is 5.65. The van der Waals surface area contributed by atoms with Crippen molar-refractivity contribution in [2.45, 2.75) is 45.1 Å². The third-order valence-corrected chi connectivity index (χ3v) is 3.33. The van der Waals surface area contributed by atoms with E-state index in [2.05, 4.69) is 9.97 Å². The minimum atomic E-state index is -0.886. The first kappa shape index (κ1) is 13.9. The quantitative estimate of drug-likeness (QED) is 0.871. The summed E-state index contributed by atoms with van der Waals surface area (Å²) in [5.74, 6) is -0.879. The van der Waals surface area contributed by atoms with Crippen LogP contribution in [0.4, 0.5) is 8.78 Å². The minimum absolute atomic E-state index is 0.0778. The van der Waals surface area contributed by atoms with Crippen LogP contribution in [0.1, 0.15) is 44.9 Å². The van der Waals surface area contributed by atoms with E-state index in [4.69, 9.17) is 5.73 Å². The number of nitrogens with two attached hydrogens (primary N) is 1. The van der Waals surface area contributed by atoms with Gasteiger partial charge in [-0.15, -0.1) is 0 Å². The van der Waals surface area contributed by atoms with Crippen molar-refractivity contribution in [1.82, 2.24) is 9.97 Å². The van der Waals surface area contributed by atoms with Crippen LogP contribution in [0, 0.1) is 11.6 Å².